The maximum Gasteiger partial charge on any atom is 0.241 e. The van der Waals surface area contributed by atoms with Crippen LogP contribution in [0.15, 0.2) is 72.3 Å². The fourth-order valence-electron chi connectivity index (χ4n) is 7.97. The fourth-order valence-corrected chi connectivity index (χ4v) is 8.50. The lowest BCUT2D eigenvalue weighted by molar-refractivity contribution is -0.131. The third kappa shape index (κ3) is 4.04. The van der Waals surface area contributed by atoms with Gasteiger partial charge in [-0.25, -0.2) is 9.29 Å². The summed E-state index contributed by atoms with van der Waals surface area (Å²) >= 11 is 8.23. The second-order valence-electron chi connectivity index (χ2n) is 12.3. The molecule has 0 spiro atoms. The van der Waals surface area contributed by atoms with Crippen molar-refractivity contribution in [2.45, 2.75) is 32.6 Å². The number of hydrogen-bond acceptors (Lipinski definition) is 5. The Hall–Kier alpha value is -3.57. The molecule has 44 heavy (non-hydrogen) atoms. The summed E-state index contributed by atoms with van der Waals surface area (Å²) in [4.78, 5) is 58.9. The van der Waals surface area contributed by atoms with Crippen LogP contribution in [0.5, 0.6) is 5.75 Å². The van der Waals surface area contributed by atoms with Crippen molar-refractivity contribution < 1.29 is 28.7 Å². The average Bonchev–Trinajstić information content (AvgIpc) is 3.36. The zero-order chi connectivity index (χ0) is 31.2. The Bertz CT molecular complexity index is 1830. The maximum atomic E-state index is 14.4. The van der Waals surface area contributed by atoms with Crippen LogP contribution in [0.25, 0.3) is 0 Å². The lowest BCUT2D eigenvalue weighted by atomic mass is 9.51. The Morgan fingerprint density at radius 2 is 1.61 bits per heavy atom. The van der Waals surface area contributed by atoms with E-state index in [1.165, 1.54) is 17.0 Å². The molecule has 2 heterocycles. The molecule has 1 N–H and O–H groups in total. The number of fused-ring (bicyclic) bond motifs is 4. The van der Waals surface area contributed by atoms with Crippen LogP contribution in [0.4, 0.5) is 15.8 Å². The number of imide groups is 2. The quantitative estimate of drug-likeness (QED) is 0.188. The minimum atomic E-state index is -1.25. The number of allylic oxidation sites excluding steroid dienone is 2. The van der Waals surface area contributed by atoms with Gasteiger partial charge in [0.2, 0.25) is 23.6 Å². The van der Waals surface area contributed by atoms with Gasteiger partial charge in [0.05, 0.1) is 39.6 Å². The van der Waals surface area contributed by atoms with Crippen LogP contribution in [0.2, 0.25) is 5.02 Å². The number of aromatic hydroxyl groups is 1. The number of anilines is 2. The Labute approximate surface area is 271 Å². The molecule has 4 amide bonds. The predicted molar refractivity (Wildman–Crippen MR) is 171 cm³/mol. The van der Waals surface area contributed by atoms with Gasteiger partial charge < -0.3 is 5.11 Å². The molecule has 7 nitrogen and oxygen atoms in total. The second-order valence-corrected chi connectivity index (χ2v) is 13.9. The monoisotopic (exact) mass is 724 g/mol. The first-order valence-corrected chi connectivity index (χ1v) is 15.9. The highest BCUT2D eigenvalue weighted by molar-refractivity contribution is 14.1. The number of halogens is 3. The Morgan fingerprint density at radius 1 is 0.909 bits per heavy atom. The lowest BCUT2D eigenvalue weighted by Gasteiger charge is -2.49. The number of nitrogens with zero attached hydrogens (tertiary/aromatic N) is 2. The molecule has 4 aliphatic rings. The minimum absolute atomic E-state index is 0.0987. The third-order valence-electron chi connectivity index (χ3n) is 10.1. The summed E-state index contributed by atoms with van der Waals surface area (Å²) in [6.07, 6.45) is 2.51. The molecule has 0 aromatic heterocycles. The van der Waals surface area contributed by atoms with Crippen molar-refractivity contribution in [3.63, 3.8) is 0 Å². The predicted octanol–water partition coefficient (Wildman–Crippen LogP) is 6.53. The van der Waals surface area contributed by atoms with Gasteiger partial charge in [-0.05, 0) is 115 Å². The fraction of sp³-hybridized carbons (Fsp3) is 0.294. The summed E-state index contributed by atoms with van der Waals surface area (Å²) in [6, 6.07) is 16.1. The summed E-state index contributed by atoms with van der Waals surface area (Å²) in [6.45, 7) is 3.54. The van der Waals surface area contributed by atoms with E-state index in [0.29, 0.717) is 17.7 Å². The number of amides is 4. The van der Waals surface area contributed by atoms with Gasteiger partial charge in [-0.15, -0.1) is 0 Å². The number of carbonyl (C=O) groups excluding carboxylic acids is 4. The van der Waals surface area contributed by atoms with Crippen molar-refractivity contribution in [2.24, 2.45) is 29.1 Å². The molecule has 7 rings (SSSR count). The Morgan fingerprint density at radius 3 is 2.30 bits per heavy atom. The van der Waals surface area contributed by atoms with Gasteiger partial charge in [0, 0.05) is 9.49 Å². The highest BCUT2D eigenvalue weighted by atomic mass is 127. The first-order chi connectivity index (χ1) is 20.9. The van der Waals surface area contributed by atoms with Crippen LogP contribution in [-0.2, 0) is 19.2 Å². The van der Waals surface area contributed by atoms with Crippen LogP contribution >= 0.6 is 34.2 Å². The van der Waals surface area contributed by atoms with Crippen molar-refractivity contribution >= 4 is 69.2 Å². The van der Waals surface area contributed by atoms with Gasteiger partial charge in [0.15, 0.2) is 0 Å². The standard InChI is InChI=1S/C34H27ClFIN2O5/c1-16-13-17(3-12-27(16)40)29-21-9-10-22-28(32(43)38(30(22)41)19-6-4-18(37)5-7-19)23(21)15-24-31(42)39(33(44)34(24,29)2)20-8-11-26(36)25(35)14-20/h3-9,11-14,22-24,28-29,40H,10,15H2,1-2H3/t22-,23+,24-,28-,29-,34+/m0/s1. The van der Waals surface area contributed by atoms with Crippen molar-refractivity contribution in [1.82, 2.24) is 0 Å². The average molecular weight is 725 g/mol. The third-order valence-corrected chi connectivity index (χ3v) is 11.1. The van der Waals surface area contributed by atoms with Crippen molar-refractivity contribution in [3.8, 4) is 5.75 Å². The van der Waals surface area contributed by atoms with Gasteiger partial charge in [-0.2, -0.15) is 0 Å². The number of benzene rings is 3. The topological polar surface area (TPSA) is 95.0 Å². The lowest BCUT2D eigenvalue weighted by Crippen LogP contribution is -2.48. The van der Waals surface area contributed by atoms with E-state index in [2.05, 4.69) is 22.6 Å². The number of phenols is 1. The van der Waals surface area contributed by atoms with E-state index in [9.17, 15) is 28.7 Å². The molecule has 0 bridgehead atoms. The molecule has 1 saturated carbocycles. The van der Waals surface area contributed by atoms with Crippen molar-refractivity contribution in [3.05, 3.63) is 97.8 Å². The van der Waals surface area contributed by atoms with Crippen molar-refractivity contribution in [2.75, 3.05) is 9.80 Å². The molecule has 0 radical (unpaired) electrons. The molecule has 2 saturated heterocycles. The van der Waals surface area contributed by atoms with E-state index in [1.807, 2.05) is 24.3 Å². The van der Waals surface area contributed by atoms with E-state index in [0.717, 1.165) is 25.7 Å². The Kier molecular flexibility index (Phi) is 6.78. The second kappa shape index (κ2) is 10.2. The molecular formula is C34H27ClFIN2O5. The Balaban J connectivity index is 1.37. The van der Waals surface area contributed by atoms with Crippen LogP contribution in [0, 0.1) is 45.4 Å². The van der Waals surface area contributed by atoms with E-state index >= 15 is 0 Å². The van der Waals surface area contributed by atoms with E-state index in [-0.39, 0.29) is 34.7 Å². The van der Waals surface area contributed by atoms with Gasteiger partial charge in [0.1, 0.15) is 11.6 Å². The van der Waals surface area contributed by atoms with Crippen LogP contribution in [0.3, 0.4) is 0 Å². The first kappa shape index (κ1) is 29.2. The molecule has 6 atom stereocenters. The highest BCUT2D eigenvalue weighted by Crippen LogP contribution is 2.63. The van der Waals surface area contributed by atoms with Crippen LogP contribution in [-0.4, -0.2) is 28.7 Å². The molecular weight excluding hydrogens is 698 g/mol. The molecule has 2 aliphatic carbocycles. The van der Waals surface area contributed by atoms with Gasteiger partial charge in [-0.3, -0.25) is 24.1 Å². The van der Waals surface area contributed by atoms with E-state index in [1.54, 1.807) is 38.1 Å². The first-order valence-electron chi connectivity index (χ1n) is 14.4. The molecule has 3 aromatic rings. The van der Waals surface area contributed by atoms with Crippen LogP contribution in [0.1, 0.15) is 36.8 Å². The molecule has 0 unspecified atom stereocenters. The van der Waals surface area contributed by atoms with Gasteiger partial charge in [-0.1, -0.05) is 35.4 Å². The van der Waals surface area contributed by atoms with Crippen LogP contribution < -0.4 is 9.80 Å². The summed E-state index contributed by atoms with van der Waals surface area (Å²) in [7, 11) is 0. The molecule has 3 aromatic carbocycles. The smallest absolute Gasteiger partial charge is 0.241 e. The molecule has 3 fully saturated rings. The van der Waals surface area contributed by atoms with Gasteiger partial charge >= 0.3 is 0 Å². The zero-order valence-electron chi connectivity index (χ0n) is 23.8. The van der Waals surface area contributed by atoms with E-state index in [4.69, 9.17) is 11.6 Å². The number of hydrogen-bond donors (Lipinski definition) is 1. The highest BCUT2D eigenvalue weighted by Gasteiger charge is 2.67. The number of phenolic OH excluding ortho intramolecular Hbond substituents is 1. The summed E-state index contributed by atoms with van der Waals surface area (Å²) in [5.41, 5.74) is 1.62. The largest absolute Gasteiger partial charge is 0.508 e. The minimum Gasteiger partial charge on any atom is -0.508 e. The SMILES string of the molecule is Cc1cc([C@H]2C3=CC[C@@H]4C(=O)N(c5ccc(I)cc5)C(=O)[C@@H]4[C@@H]3C[C@H]3C(=O)N(c4ccc(F)c(Cl)c4)C(=O)[C@@]23C)ccc1O. The maximum absolute atomic E-state index is 14.4. The van der Waals surface area contributed by atoms with Gasteiger partial charge in [0.25, 0.3) is 0 Å². The number of carbonyl (C=O) groups is 4. The summed E-state index contributed by atoms with van der Waals surface area (Å²) in [5.74, 6) is -5.21. The summed E-state index contributed by atoms with van der Waals surface area (Å²) < 4.78 is 15.0. The number of rotatable bonds is 3. The summed E-state index contributed by atoms with van der Waals surface area (Å²) in [5, 5.41) is 10.1. The molecule has 10 heteroatoms. The molecule has 224 valence electrons. The molecule has 2 aliphatic heterocycles. The zero-order valence-corrected chi connectivity index (χ0v) is 26.7. The van der Waals surface area contributed by atoms with E-state index < -0.39 is 52.6 Å². The van der Waals surface area contributed by atoms with Crippen molar-refractivity contribution in [1.29, 1.82) is 0 Å². The number of aryl methyl sites for hydroxylation is 1. The normalized spacial score (nSPS) is 29.5.